The summed E-state index contributed by atoms with van der Waals surface area (Å²) in [4.78, 5) is 20.7. The topological polar surface area (TPSA) is 54.9 Å². The predicted octanol–water partition coefficient (Wildman–Crippen LogP) is 4.18. The van der Waals surface area contributed by atoms with E-state index in [0.717, 1.165) is 17.7 Å². The maximum Gasteiger partial charge on any atom is 0.416 e. The minimum Gasteiger partial charge on any atom is -0.352 e. The molecule has 0 saturated carbocycles. The highest BCUT2D eigenvalue weighted by Gasteiger charge is 2.31. The van der Waals surface area contributed by atoms with Gasteiger partial charge in [0.05, 0.1) is 17.0 Å². The number of aromatic nitrogens is 2. The molecule has 4 rings (SSSR count). The minimum absolute atomic E-state index is 0.103. The van der Waals surface area contributed by atoms with E-state index in [4.69, 9.17) is 0 Å². The molecule has 1 aromatic carbocycles. The molecular weight excluding hydrogens is 386 g/mol. The summed E-state index contributed by atoms with van der Waals surface area (Å²) in [6, 6.07) is 7.50. The van der Waals surface area contributed by atoms with Gasteiger partial charge >= 0.3 is 6.18 Å². The third-order valence-corrected chi connectivity index (χ3v) is 4.72. The van der Waals surface area contributed by atoms with Gasteiger partial charge in [0, 0.05) is 24.5 Å². The van der Waals surface area contributed by atoms with E-state index in [0.29, 0.717) is 41.5 Å². The first kappa shape index (κ1) is 19.0. The summed E-state index contributed by atoms with van der Waals surface area (Å²) in [5, 5.41) is 2.77. The van der Waals surface area contributed by atoms with Crippen LogP contribution < -0.4 is 5.32 Å². The van der Waals surface area contributed by atoms with Gasteiger partial charge < -0.3 is 5.32 Å². The van der Waals surface area contributed by atoms with Crippen LogP contribution in [0.1, 0.15) is 32.6 Å². The van der Waals surface area contributed by atoms with Crippen molar-refractivity contribution in [3.05, 3.63) is 82.4 Å². The fourth-order valence-electron chi connectivity index (χ4n) is 3.44. The van der Waals surface area contributed by atoms with Gasteiger partial charge in [-0.05, 0) is 65.9 Å². The molecule has 4 nitrogen and oxygen atoms in total. The number of alkyl halides is 3. The molecule has 148 valence electrons. The van der Waals surface area contributed by atoms with Crippen LogP contribution in [0.4, 0.5) is 17.6 Å². The van der Waals surface area contributed by atoms with Crippen LogP contribution in [0.3, 0.4) is 0 Å². The van der Waals surface area contributed by atoms with Gasteiger partial charge in [-0.15, -0.1) is 0 Å². The molecule has 0 radical (unpaired) electrons. The summed E-state index contributed by atoms with van der Waals surface area (Å²) in [5.41, 5.74) is 2.24. The Morgan fingerprint density at radius 3 is 2.59 bits per heavy atom. The van der Waals surface area contributed by atoms with Crippen LogP contribution >= 0.6 is 0 Å². The van der Waals surface area contributed by atoms with E-state index in [-0.39, 0.29) is 17.9 Å². The standard InChI is InChI=1S/C21H15F4N3O/c22-15-9-13(8-14(11-15)21(23,24)25)7-12-1-4-26-18(10-12)19-16-2-6-28-20(29)17(16)3-5-27-19/h1,3-5,8-11H,2,6-7H2,(H,28,29). The first-order valence-electron chi connectivity index (χ1n) is 8.89. The number of nitrogens with one attached hydrogen (secondary N) is 1. The second-order valence-electron chi connectivity index (χ2n) is 6.76. The molecule has 0 aliphatic carbocycles. The Morgan fingerprint density at radius 2 is 1.79 bits per heavy atom. The Kier molecular flexibility index (Phi) is 4.77. The molecule has 1 N–H and O–H groups in total. The monoisotopic (exact) mass is 401 g/mol. The summed E-state index contributed by atoms with van der Waals surface area (Å²) in [7, 11) is 0. The Balaban J connectivity index is 1.69. The van der Waals surface area contributed by atoms with E-state index in [1.54, 1.807) is 18.2 Å². The summed E-state index contributed by atoms with van der Waals surface area (Å²) in [6.45, 7) is 0.494. The van der Waals surface area contributed by atoms with E-state index in [1.807, 2.05) is 0 Å². The fourth-order valence-corrected chi connectivity index (χ4v) is 3.44. The number of rotatable bonds is 3. The van der Waals surface area contributed by atoms with Gasteiger partial charge in [0.1, 0.15) is 5.82 Å². The Bertz CT molecular complexity index is 1100. The van der Waals surface area contributed by atoms with Gasteiger partial charge in [0.25, 0.3) is 5.91 Å². The number of nitrogens with zero attached hydrogens (tertiary/aromatic N) is 2. The first-order chi connectivity index (χ1) is 13.8. The highest BCUT2D eigenvalue weighted by Crippen LogP contribution is 2.31. The zero-order valence-electron chi connectivity index (χ0n) is 15.1. The summed E-state index contributed by atoms with van der Waals surface area (Å²) >= 11 is 0. The fraction of sp³-hybridized carbons (Fsp3) is 0.190. The van der Waals surface area contributed by atoms with Crippen LogP contribution in [0, 0.1) is 5.82 Å². The molecule has 0 spiro atoms. The van der Waals surface area contributed by atoms with E-state index < -0.39 is 17.6 Å². The summed E-state index contributed by atoms with van der Waals surface area (Å²) < 4.78 is 52.5. The van der Waals surface area contributed by atoms with Crippen molar-refractivity contribution in [3.8, 4) is 11.4 Å². The quantitative estimate of drug-likeness (QED) is 0.670. The van der Waals surface area contributed by atoms with Crippen molar-refractivity contribution in [3.63, 3.8) is 0 Å². The van der Waals surface area contributed by atoms with Crippen molar-refractivity contribution >= 4 is 5.91 Å². The highest BCUT2D eigenvalue weighted by molar-refractivity contribution is 5.98. The molecule has 1 aliphatic heterocycles. The first-order valence-corrected chi connectivity index (χ1v) is 8.89. The second-order valence-corrected chi connectivity index (χ2v) is 6.76. The number of amides is 1. The average Bonchev–Trinajstić information content (AvgIpc) is 2.67. The van der Waals surface area contributed by atoms with E-state index in [9.17, 15) is 22.4 Å². The predicted molar refractivity (Wildman–Crippen MR) is 97.7 cm³/mol. The van der Waals surface area contributed by atoms with Crippen LogP contribution in [-0.2, 0) is 19.0 Å². The van der Waals surface area contributed by atoms with Crippen LogP contribution in [0.2, 0.25) is 0 Å². The number of hydrogen-bond donors (Lipinski definition) is 1. The normalized spacial score (nSPS) is 13.7. The molecule has 0 unspecified atom stereocenters. The van der Waals surface area contributed by atoms with Crippen molar-refractivity contribution in [2.75, 3.05) is 6.54 Å². The molecular formula is C21H15F4N3O. The number of halogens is 4. The molecule has 0 bridgehead atoms. The number of benzene rings is 1. The molecule has 0 saturated heterocycles. The molecule has 1 amide bonds. The lowest BCUT2D eigenvalue weighted by molar-refractivity contribution is -0.137. The lowest BCUT2D eigenvalue weighted by Gasteiger charge is -2.18. The van der Waals surface area contributed by atoms with E-state index >= 15 is 0 Å². The van der Waals surface area contributed by atoms with Crippen LogP contribution in [0.5, 0.6) is 0 Å². The van der Waals surface area contributed by atoms with Gasteiger partial charge in [-0.3, -0.25) is 14.8 Å². The molecule has 8 heteroatoms. The number of carbonyl (C=O) groups excluding carboxylic acids is 1. The van der Waals surface area contributed by atoms with Gasteiger partial charge in [0.15, 0.2) is 0 Å². The SMILES string of the molecule is O=C1NCCc2c1ccnc2-c1cc(Cc2cc(F)cc(C(F)(F)F)c2)ccn1. The lowest BCUT2D eigenvalue weighted by atomic mass is 9.96. The summed E-state index contributed by atoms with van der Waals surface area (Å²) in [6.07, 6.45) is -0.858. The Hall–Kier alpha value is -3.29. The molecule has 1 aliphatic rings. The van der Waals surface area contributed by atoms with Crippen molar-refractivity contribution in [2.45, 2.75) is 19.0 Å². The maximum absolute atomic E-state index is 13.7. The van der Waals surface area contributed by atoms with Crippen molar-refractivity contribution in [1.29, 1.82) is 0 Å². The summed E-state index contributed by atoms with van der Waals surface area (Å²) in [5.74, 6) is -1.11. The van der Waals surface area contributed by atoms with Crippen LogP contribution in [0.15, 0.2) is 48.8 Å². The zero-order chi connectivity index (χ0) is 20.6. The van der Waals surface area contributed by atoms with E-state index in [2.05, 4.69) is 15.3 Å². The number of carbonyl (C=O) groups is 1. The molecule has 29 heavy (non-hydrogen) atoms. The zero-order valence-corrected chi connectivity index (χ0v) is 15.1. The lowest BCUT2D eigenvalue weighted by Crippen LogP contribution is -2.32. The Labute approximate surface area is 163 Å². The smallest absolute Gasteiger partial charge is 0.352 e. The number of pyridine rings is 2. The van der Waals surface area contributed by atoms with Gasteiger partial charge in [0.2, 0.25) is 0 Å². The third kappa shape index (κ3) is 3.96. The number of fused-ring (bicyclic) bond motifs is 1. The van der Waals surface area contributed by atoms with Crippen LogP contribution in [0.25, 0.3) is 11.4 Å². The van der Waals surface area contributed by atoms with Gasteiger partial charge in [-0.25, -0.2) is 4.39 Å². The molecule has 0 atom stereocenters. The molecule has 3 aromatic rings. The van der Waals surface area contributed by atoms with Crippen molar-refractivity contribution < 1.29 is 22.4 Å². The average molecular weight is 401 g/mol. The maximum atomic E-state index is 13.7. The molecule has 0 fully saturated rings. The third-order valence-electron chi connectivity index (χ3n) is 4.72. The highest BCUT2D eigenvalue weighted by atomic mass is 19.4. The molecule has 2 aromatic heterocycles. The van der Waals surface area contributed by atoms with E-state index in [1.165, 1.54) is 12.4 Å². The number of hydrogen-bond acceptors (Lipinski definition) is 3. The minimum atomic E-state index is -4.62. The Morgan fingerprint density at radius 1 is 1.00 bits per heavy atom. The van der Waals surface area contributed by atoms with Crippen LogP contribution in [-0.4, -0.2) is 22.4 Å². The van der Waals surface area contributed by atoms with Crippen molar-refractivity contribution in [2.24, 2.45) is 0 Å². The second kappa shape index (κ2) is 7.27. The van der Waals surface area contributed by atoms with Gasteiger partial charge in [-0.1, -0.05) is 0 Å². The van der Waals surface area contributed by atoms with Crippen molar-refractivity contribution in [1.82, 2.24) is 15.3 Å². The molecule has 3 heterocycles. The largest absolute Gasteiger partial charge is 0.416 e. The van der Waals surface area contributed by atoms with Gasteiger partial charge in [-0.2, -0.15) is 13.2 Å².